The van der Waals surface area contributed by atoms with Crippen LogP contribution in [0.25, 0.3) is 0 Å². The van der Waals surface area contributed by atoms with E-state index >= 15 is 0 Å². The van der Waals surface area contributed by atoms with Crippen LogP contribution in [0.2, 0.25) is 0 Å². The summed E-state index contributed by atoms with van der Waals surface area (Å²) in [6.45, 7) is 0. The number of anilines is 1. The minimum absolute atomic E-state index is 0.580. The summed E-state index contributed by atoms with van der Waals surface area (Å²) in [6.07, 6.45) is 0. The van der Waals surface area contributed by atoms with Crippen molar-refractivity contribution in [2.24, 2.45) is 16.2 Å². The van der Waals surface area contributed by atoms with Gasteiger partial charge in [0.2, 0.25) is 0 Å². The Morgan fingerprint density at radius 3 is 2.50 bits per heavy atom. The van der Waals surface area contributed by atoms with Gasteiger partial charge in [-0.25, -0.2) is 0 Å². The molecule has 0 unspecified atom stereocenters. The van der Waals surface area contributed by atoms with Crippen LogP contribution in [0, 0.1) is 0 Å². The first-order valence-electron chi connectivity index (χ1n) is 2.80. The van der Waals surface area contributed by atoms with Crippen LogP contribution in [0.3, 0.4) is 0 Å². The average molecular weight is 136 g/mol. The highest BCUT2D eigenvalue weighted by Gasteiger charge is 1.91. The van der Waals surface area contributed by atoms with Crippen LogP contribution in [0.15, 0.2) is 34.6 Å². The second kappa shape index (κ2) is 2.82. The highest BCUT2D eigenvalue weighted by molar-refractivity contribution is 5.61. The summed E-state index contributed by atoms with van der Waals surface area (Å²) in [4.78, 5) is 0. The molecule has 0 amide bonds. The molecule has 0 heterocycles. The molecule has 0 saturated carbocycles. The minimum Gasteiger partial charge on any atom is -0.397 e. The summed E-state index contributed by atoms with van der Waals surface area (Å²) in [6, 6.07) is 7.13. The van der Waals surface area contributed by atoms with E-state index in [4.69, 9.17) is 11.6 Å². The third-order valence-corrected chi connectivity index (χ3v) is 1.10. The number of hydrogen-bond acceptors (Lipinski definition) is 3. The average Bonchev–Trinajstić information content (AvgIpc) is 1.94. The molecule has 0 radical (unpaired) electrons. The monoisotopic (exact) mass is 136 g/mol. The van der Waals surface area contributed by atoms with Gasteiger partial charge in [0.15, 0.2) is 0 Å². The molecule has 1 aromatic carbocycles. The van der Waals surface area contributed by atoms with Crippen LogP contribution in [0.1, 0.15) is 0 Å². The van der Waals surface area contributed by atoms with Crippen molar-refractivity contribution >= 4 is 11.4 Å². The highest BCUT2D eigenvalue weighted by atomic mass is 15.3. The zero-order chi connectivity index (χ0) is 7.40. The number of nitrogens with two attached hydrogens (primary N) is 2. The van der Waals surface area contributed by atoms with Gasteiger partial charge < -0.3 is 11.6 Å². The number of hydrogen-bond donors (Lipinski definition) is 2. The van der Waals surface area contributed by atoms with E-state index in [0.717, 1.165) is 0 Å². The van der Waals surface area contributed by atoms with Crippen LogP contribution in [0.5, 0.6) is 0 Å². The first-order valence-corrected chi connectivity index (χ1v) is 2.80. The van der Waals surface area contributed by atoms with Crippen LogP contribution >= 0.6 is 0 Å². The summed E-state index contributed by atoms with van der Waals surface area (Å²) in [7, 11) is 0. The van der Waals surface area contributed by atoms with Crippen molar-refractivity contribution in [2.75, 3.05) is 5.73 Å². The van der Waals surface area contributed by atoms with Gasteiger partial charge in [0.25, 0.3) is 0 Å². The van der Waals surface area contributed by atoms with E-state index in [2.05, 4.69) is 10.3 Å². The highest BCUT2D eigenvalue weighted by Crippen LogP contribution is 2.19. The summed E-state index contributed by atoms with van der Waals surface area (Å²) in [5.41, 5.74) is 6.68. The maximum absolute atomic E-state index is 5.50. The van der Waals surface area contributed by atoms with Gasteiger partial charge in [0.1, 0.15) is 5.69 Å². The van der Waals surface area contributed by atoms with Gasteiger partial charge >= 0.3 is 0 Å². The van der Waals surface area contributed by atoms with Gasteiger partial charge in [-0.2, -0.15) is 0 Å². The van der Waals surface area contributed by atoms with Crippen molar-refractivity contribution in [2.45, 2.75) is 0 Å². The molecule has 0 spiro atoms. The normalized spacial score (nSPS) is 10.4. The third kappa shape index (κ3) is 1.22. The Kier molecular flexibility index (Phi) is 1.84. The fourth-order valence-electron chi connectivity index (χ4n) is 0.641. The Balaban J connectivity index is 3.03. The van der Waals surface area contributed by atoms with Crippen molar-refractivity contribution in [3.63, 3.8) is 0 Å². The standard InChI is InChI=1S/C6H8N4/c7-5-3-1-2-4-6(5)9-10-8/h1-4H,7H2,(H2,8,9). The van der Waals surface area contributed by atoms with Crippen molar-refractivity contribution in [3.05, 3.63) is 24.3 Å². The lowest BCUT2D eigenvalue weighted by Gasteiger charge is -1.94. The third-order valence-electron chi connectivity index (χ3n) is 1.10. The maximum atomic E-state index is 5.50. The number of nitrogen functional groups attached to an aromatic ring is 1. The Bertz CT molecular complexity index is 243. The molecular weight excluding hydrogens is 128 g/mol. The Hall–Kier alpha value is -1.58. The van der Waals surface area contributed by atoms with Crippen molar-refractivity contribution in [3.8, 4) is 0 Å². The van der Waals surface area contributed by atoms with Gasteiger partial charge in [-0.3, -0.25) is 0 Å². The Labute approximate surface area is 58.5 Å². The molecular formula is C6H8N4. The smallest absolute Gasteiger partial charge is 0.110 e. The van der Waals surface area contributed by atoms with Crippen molar-refractivity contribution in [1.82, 2.24) is 0 Å². The SMILES string of the molecule is NN=Nc1ccccc1N. The van der Waals surface area contributed by atoms with E-state index in [0.29, 0.717) is 11.4 Å². The van der Waals surface area contributed by atoms with E-state index in [1.165, 1.54) is 0 Å². The van der Waals surface area contributed by atoms with Crippen LogP contribution in [0.4, 0.5) is 11.4 Å². The lowest BCUT2D eigenvalue weighted by Crippen LogP contribution is -1.84. The molecule has 1 aromatic rings. The number of rotatable bonds is 1. The topological polar surface area (TPSA) is 76.8 Å². The largest absolute Gasteiger partial charge is 0.397 e. The van der Waals surface area contributed by atoms with Crippen molar-refractivity contribution < 1.29 is 0 Å². The molecule has 0 atom stereocenters. The molecule has 4 N–H and O–H groups in total. The van der Waals surface area contributed by atoms with Crippen LogP contribution in [-0.4, -0.2) is 0 Å². The number of para-hydroxylation sites is 1. The van der Waals surface area contributed by atoms with E-state index in [1.807, 2.05) is 12.1 Å². The summed E-state index contributed by atoms with van der Waals surface area (Å²) in [5.74, 6) is 4.83. The molecule has 4 heteroatoms. The van der Waals surface area contributed by atoms with E-state index in [1.54, 1.807) is 12.1 Å². The molecule has 0 saturated heterocycles. The zero-order valence-corrected chi connectivity index (χ0v) is 5.36. The van der Waals surface area contributed by atoms with Gasteiger partial charge in [0.05, 0.1) is 5.69 Å². The summed E-state index contributed by atoms with van der Waals surface area (Å²) < 4.78 is 0. The minimum atomic E-state index is 0.580. The lowest BCUT2D eigenvalue weighted by molar-refractivity contribution is 1.06. The molecule has 0 bridgehead atoms. The molecule has 1 rings (SSSR count). The molecule has 52 valence electrons. The summed E-state index contributed by atoms with van der Waals surface area (Å²) in [5, 5.41) is 6.70. The predicted octanol–water partition coefficient (Wildman–Crippen LogP) is 1.23. The fourth-order valence-corrected chi connectivity index (χ4v) is 0.641. The number of benzene rings is 1. The zero-order valence-electron chi connectivity index (χ0n) is 5.36. The first kappa shape index (κ1) is 6.54. The molecule has 4 nitrogen and oxygen atoms in total. The quantitative estimate of drug-likeness (QED) is 0.263. The summed E-state index contributed by atoms with van der Waals surface area (Å²) >= 11 is 0. The van der Waals surface area contributed by atoms with Crippen molar-refractivity contribution in [1.29, 1.82) is 0 Å². The van der Waals surface area contributed by atoms with E-state index in [-0.39, 0.29) is 0 Å². The van der Waals surface area contributed by atoms with Crippen LogP contribution < -0.4 is 11.6 Å². The molecule has 0 aliphatic heterocycles. The van der Waals surface area contributed by atoms with Crippen LogP contribution in [-0.2, 0) is 0 Å². The molecule has 0 aliphatic carbocycles. The van der Waals surface area contributed by atoms with Gasteiger partial charge in [0, 0.05) is 0 Å². The van der Waals surface area contributed by atoms with Gasteiger partial charge in [-0.05, 0) is 12.1 Å². The Morgan fingerprint density at radius 1 is 1.20 bits per heavy atom. The lowest BCUT2D eigenvalue weighted by atomic mass is 10.3. The predicted molar refractivity (Wildman–Crippen MR) is 39.6 cm³/mol. The Morgan fingerprint density at radius 2 is 1.90 bits per heavy atom. The van der Waals surface area contributed by atoms with Gasteiger partial charge in [-0.1, -0.05) is 17.4 Å². The van der Waals surface area contributed by atoms with E-state index in [9.17, 15) is 0 Å². The fraction of sp³-hybridized carbons (Fsp3) is 0. The number of nitrogens with zero attached hydrogens (tertiary/aromatic N) is 2. The molecule has 0 aromatic heterocycles. The van der Waals surface area contributed by atoms with Gasteiger partial charge in [-0.15, -0.1) is 5.11 Å². The first-order chi connectivity index (χ1) is 4.84. The molecule has 0 aliphatic rings. The molecule has 10 heavy (non-hydrogen) atoms. The maximum Gasteiger partial charge on any atom is 0.110 e. The molecule has 0 fully saturated rings. The second-order valence-corrected chi connectivity index (χ2v) is 1.77. The second-order valence-electron chi connectivity index (χ2n) is 1.77. The van der Waals surface area contributed by atoms with E-state index < -0.39 is 0 Å².